The highest BCUT2D eigenvalue weighted by atomic mass is 19.1. The topological polar surface area (TPSA) is 51.0 Å². The maximum absolute atomic E-state index is 13.0. The number of hydrogen-bond donors (Lipinski definition) is 1. The molecule has 0 aliphatic heterocycles. The van der Waals surface area contributed by atoms with E-state index < -0.39 is 0 Å². The Hall–Kier alpha value is -2.43. The summed E-state index contributed by atoms with van der Waals surface area (Å²) in [5, 5.41) is 7.57. The third-order valence-corrected chi connectivity index (χ3v) is 2.35. The van der Waals surface area contributed by atoms with Gasteiger partial charge in [0, 0.05) is 12.3 Å². The average molecular weight is 229 g/mol. The fraction of sp³-hybridized carbons (Fsp3) is 0. The molecule has 2 aromatic heterocycles. The molecule has 0 saturated carbocycles. The van der Waals surface area contributed by atoms with Crippen LogP contribution in [0.2, 0.25) is 0 Å². The van der Waals surface area contributed by atoms with E-state index >= 15 is 0 Å². The van der Waals surface area contributed by atoms with Crippen LogP contribution in [0.15, 0.2) is 47.1 Å². The van der Waals surface area contributed by atoms with Crippen LogP contribution >= 0.6 is 0 Å². The van der Waals surface area contributed by atoms with Gasteiger partial charge in [-0.1, -0.05) is 11.2 Å². The first-order chi connectivity index (χ1) is 8.33. The molecule has 1 N–H and O–H groups in total. The van der Waals surface area contributed by atoms with Crippen molar-refractivity contribution in [2.45, 2.75) is 0 Å². The number of benzene rings is 1. The summed E-state index contributed by atoms with van der Waals surface area (Å²) in [6.45, 7) is 0. The molecule has 4 nitrogen and oxygen atoms in total. The Balaban J connectivity index is 2.01. The molecule has 1 aromatic carbocycles. The van der Waals surface area contributed by atoms with Crippen molar-refractivity contribution in [3.63, 3.8) is 0 Å². The molecule has 0 atom stereocenters. The number of anilines is 2. The smallest absolute Gasteiger partial charge is 0.182 e. The minimum atomic E-state index is -0.349. The van der Waals surface area contributed by atoms with Gasteiger partial charge in [-0.15, -0.1) is 0 Å². The maximum atomic E-state index is 13.0. The lowest BCUT2D eigenvalue weighted by Gasteiger charge is -2.00. The number of nitrogens with zero attached hydrogens (tertiary/aromatic N) is 2. The van der Waals surface area contributed by atoms with Crippen molar-refractivity contribution in [2.75, 3.05) is 5.32 Å². The van der Waals surface area contributed by atoms with Crippen LogP contribution in [0.1, 0.15) is 0 Å². The lowest BCUT2D eigenvalue weighted by Crippen LogP contribution is -1.92. The minimum Gasteiger partial charge on any atom is -0.354 e. The van der Waals surface area contributed by atoms with E-state index in [2.05, 4.69) is 15.5 Å². The molecule has 17 heavy (non-hydrogen) atoms. The van der Waals surface area contributed by atoms with Gasteiger partial charge in [0.25, 0.3) is 0 Å². The van der Waals surface area contributed by atoms with Gasteiger partial charge in [0.2, 0.25) is 0 Å². The van der Waals surface area contributed by atoms with E-state index in [0.29, 0.717) is 17.2 Å². The van der Waals surface area contributed by atoms with Crippen molar-refractivity contribution >= 4 is 22.6 Å². The van der Waals surface area contributed by atoms with Crippen molar-refractivity contribution in [2.24, 2.45) is 0 Å². The van der Waals surface area contributed by atoms with E-state index in [1.807, 2.05) is 18.2 Å². The predicted molar refractivity (Wildman–Crippen MR) is 61.5 cm³/mol. The average Bonchev–Trinajstić information content (AvgIpc) is 2.73. The lowest BCUT2D eigenvalue weighted by molar-refractivity contribution is 0.458. The van der Waals surface area contributed by atoms with Crippen molar-refractivity contribution in [3.8, 4) is 0 Å². The van der Waals surface area contributed by atoms with Crippen molar-refractivity contribution in [3.05, 3.63) is 48.4 Å². The standard InChI is InChI=1S/C12H8FN3O/c13-8-4-5-9-10(7-8)17-16-12(9)15-11-3-1-2-6-14-11/h1-7H,(H,14,15,16). The molecular formula is C12H8FN3O. The summed E-state index contributed by atoms with van der Waals surface area (Å²) in [7, 11) is 0. The fourth-order valence-corrected chi connectivity index (χ4v) is 1.56. The molecule has 0 saturated heterocycles. The summed E-state index contributed by atoms with van der Waals surface area (Å²) in [5.41, 5.74) is 0.406. The summed E-state index contributed by atoms with van der Waals surface area (Å²) in [4.78, 5) is 4.11. The van der Waals surface area contributed by atoms with Gasteiger partial charge in [0.1, 0.15) is 11.6 Å². The maximum Gasteiger partial charge on any atom is 0.182 e. The Morgan fingerprint density at radius 1 is 1.18 bits per heavy atom. The van der Waals surface area contributed by atoms with Gasteiger partial charge in [0.05, 0.1) is 5.39 Å². The van der Waals surface area contributed by atoms with Crippen molar-refractivity contribution in [1.29, 1.82) is 0 Å². The molecule has 0 spiro atoms. The van der Waals surface area contributed by atoms with Gasteiger partial charge in [-0.05, 0) is 24.3 Å². The molecule has 0 amide bonds. The number of aromatic nitrogens is 2. The van der Waals surface area contributed by atoms with Crippen LogP contribution in [-0.4, -0.2) is 10.1 Å². The van der Waals surface area contributed by atoms with Gasteiger partial charge in [-0.2, -0.15) is 0 Å². The third-order valence-electron chi connectivity index (χ3n) is 2.35. The second-order valence-corrected chi connectivity index (χ2v) is 3.51. The predicted octanol–water partition coefficient (Wildman–Crippen LogP) is 3.11. The quantitative estimate of drug-likeness (QED) is 0.733. The summed E-state index contributed by atoms with van der Waals surface area (Å²) >= 11 is 0. The monoisotopic (exact) mass is 229 g/mol. The highest BCUT2D eigenvalue weighted by molar-refractivity contribution is 5.89. The van der Waals surface area contributed by atoms with Crippen LogP contribution in [0.4, 0.5) is 16.0 Å². The number of hydrogen-bond acceptors (Lipinski definition) is 4. The van der Waals surface area contributed by atoms with Crippen LogP contribution in [0.5, 0.6) is 0 Å². The van der Waals surface area contributed by atoms with Crippen LogP contribution in [-0.2, 0) is 0 Å². The van der Waals surface area contributed by atoms with Crippen LogP contribution in [0, 0.1) is 5.82 Å². The number of rotatable bonds is 2. The SMILES string of the molecule is Fc1ccc2c(Nc3ccccn3)noc2c1. The first-order valence-electron chi connectivity index (χ1n) is 5.06. The van der Waals surface area contributed by atoms with Crippen LogP contribution < -0.4 is 5.32 Å². The Morgan fingerprint density at radius 2 is 2.12 bits per heavy atom. The van der Waals surface area contributed by atoms with E-state index in [0.717, 1.165) is 5.39 Å². The molecule has 0 radical (unpaired) electrons. The first-order valence-corrected chi connectivity index (χ1v) is 5.06. The van der Waals surface area contributed by atoms with Crippen molar-refractivity contribution < 1.29 is 8.91 Å². The summed E-state index contributed by atoms with van der Waals surface area (Å²) in [5.74, 6) is 0.837. The van der Waals surface area contributed by atoms with E-state index in [9.17, 15) is 4.39 Å². The minimum absolute atomic E-state index is 0.349. The first kappa shape index (κ1) is 9.77. The van der Waals surface area contributed by atoms with Gasteiger partial charge < -0.3 is 9.84 Å². The summed E-state index contributed by atoms with van der Waals surface area (Å²) in [6.07, 6.45) is 1.67. The largest absolute Gasteiger partial charge is 0.354 e. The molecule has 5 heteroatoms. The Labute approximate surface area is 96.1 Å². The Morgan fingerprint density at radius 3 is 2.94 bits per heavy atom. The number of pyridine rings is 1. The zero-order valence-electron chi connectivity index (χ0n) is 8.72. The normalized spacial score (nSPS) is 10.6. The second-order valence-electron chi connectivity index (χ2n) is 3.51. The third kappa shape index (κ3) is 1.82. The second kappa shape index (κ2) is 3.86. The highest BCUT2D eigenvalue weighted by Crippen LogP contribution is 2.25. The van der Waals surface area contributed by atoms with E-state index in [1.54, 1.807) is 12.3 Å². The molecule has 0 aliphatic rings. The summed E-state index contributed by atoms with van der Waals surface area (Å²) < 4.78 is 18.0. The molecule has 3 aromatic rings. The molecule has 0 aliphatic carbocycles. The number of fused-ring (bicyclic) bond motifs is 1. The lowest BCUT2D eigenvalue weighted by atomic mass is 10.2. The molecule has 84 valence electrons. The molecule has 3 rings (SSSR count). The van der Waals surface area contributed by atoms with Gasteiger partial charge in [-0.25, -0.2) is 9.37 Å². The number of nitrogens with one attached hydrogen (secondary N) is 1. The molecule has 0 fully saturated rings. The van der Waals surface area contributed by atoms with Gasteiger partial charge >= 0.3 is 0 Å². The fourth-order valence-electron chi connectivity index (χ4n) is 1.56. The Kier molecular flexibility index (Phi) is 2.22. The Bertz CT molecular complexity index is 651. The highest BCUT2D eigenvalue weighted by Gasteiger charge is 2.09. The van der Waals surface area contributed by atoms with Gasteiger partial charge in [-0.3, -0.25) is 0 Å². The van der Waals surface area contributed by atoms with Crippen LogP contribution in [0.3, 0.4) is 0 Å². The molecular weight excluding hydrogens is 221 g/mol. The van der Waals surface area contributed by atoms with Gasteiger partial charge in [0.15, 0.2) is 11.4 Å². The van der Waals surface area contributed by atoms with E-state index in [4.69, 9.17) is 4.52 Å². The molecule has 2 heterocycles. The molecule has 0 bridgehead atoms. The zero-order valence-corrected chi connectivity index (χ0v) is 8.72. The number of halogens is 1. The van der Waals surface area contributed by atoms with E-state index in [1.165, 1.54) is 12.1 Å². The zero-order chi connectivity index (χ0) is 11.7. The van der Waals surface area contributed by atoms with Crippen molar-refractivity contribution in [1.82, 2.24) is 10.1 Å². The summed E-state index contributed by atoms with van der Waals surface area (Å²) in [6, 6.07) is 9.77. The molecule has 0 unspecified atom stereocenters. The van der Waals surface area contributed by atoms with Crippen LogP contribution in [0.25, 0.3) is 11.0 Å². The van der Waals surface area contributed by atoms with E-state index in [-0.39, 0.29) is 5.82 Å².